The second-order valence-corrected chi connectivity index (χ2v) is 2.20. The summed E-state index contributed by atoms with van der Waals surface area (Å²) in [5, 5.41) is 0. The Balaban J connectivity index is 2.81. The van der Waals surface area contributed by atoms with Crippen molar-refractivity contribution in [3.8, 4) is 0 Å². The van der Waals surface area contributed by atoms with Crippen molar-refractivity contribution in [3.05, 3.63) is 12.2 Å². The number of ketones is 2. The van der Waals surface area contributed by atoms with Crippen molar-refractivity contribution in [3.63, 3.8) is 0 Å². The molecule has 0 spiro atoms. The highest BCUT2D eigenvalue weighted by Crippen LogP contribution is 2.09. The van der Waals surface area contributed by atoms with Gasteiger partial charge in [-0.1, -0.05) is 6.08 Å². The molecule has 1 aliphatic rings. The van der Waals surface area contributed by atoms with E-state index in [2.05, 4.69) is 0 Å². The molecule has 0 aliphatic heterocycles. The summed E-state index contributed by atoms with van der Waals surface area (Å²) >= 11 is 0. The number of rotatable bonds is 0. The van der Waals surface area contributed by atoms with Crippen molar-refractivity contribution in [2.75, 3.05) is 0 Å². The van der Waals surface area contributed by atoms with Gasteiger partial charge in [0.1, 0.15) is 5.78 Å². The third kappa shape index (κ3) is 1.07. The van der Waals surface area contributed by atoms with Crippen LogP contribution in [0.1, 0.15) is 13.3 Å². The number of allylic oxidation sites excluding steroid dienone is 2. The van der Waals surface area contributed by atoms with Crippen molar-refractivity contribution in [2.45, 2.75) is 13.3 Å². The number of carbonyl (C=O) groups is 2. The fourth-order valence-corrected chi connectivity index (χ4v) is 0.771. The molecule has 0 aromatic heterocycles. The van der Waals surface area contributed by atoms with Crippen LogP contribution >= 0.6 is 0 Å². The molecule has 0 bridgehead atoms. The van der Waals surface area contributed by atoms with Gasteiger partial charge in [0.2, 0.25) is 0 Å². The first kappa shape index (κ1) is 6.20. The average molecular weight is 124 g/mol. The number of hydrogen-bond donors (Lipinski definition) is 0. The molecule has 0 amide bonds. The fourth-order valence-electron chi connectivity index (χ4n) is 0.771. The molecule has 1 unspecified atom stereocenters. The van der Waals surface area contributed by atoms with E-state index in [1.165, 1.54) is 6.08 Å². The summed E-state index contributed by atoms with van der Waals surface area (Å²) in [4.78, 5) is 21.4. The third-order valence-corrected chi connectivity index (χ3v) is 1.51. The molecule has 0 radical (unpaired) electrons. The van der Waals surface area contributed by atoms with Crippen LogP contribution < -0.4 is 0 Å². The molecule has 0 saturated carbocycles. The summed E-state index contributed by atoms with van der Waals surface area (Å²) in [6.07, 6.45) is 3.52. The summed E-state index contributed by atoms with van der Waals surface area (Å²) in [5.41, 5.74) is 0. The molecule has 0 aromatic carbocycles. The lowest BCUT2D eigenvalue weighted by Gasteiger charge is -2.07. The molecule has 0 N–H and O–H groups in total. The van der Waals surface area contributed by atoms with Gasteiger partial charge in [0.05, 0.1) is 5.92 Å². The maximum atomic E-state index is 10.7. The van der Waals surface area contributed by atoms with E-state index in [4.69, 9.17) is 0 Å². The Kier molecular flexibility index (Phi) is 1.47. The molecule has 1 atom stereocenters. The van der Waals surface area contributed by atoms with Gasteiger partial charge >= 0.3 is 0 Å². The Morgan fingerprint density at radius 2 is 2.22 bits per heavy atom. The highest BCUT2D eigenvalue weighted by molar-refractivity contribution is 6.09. The first-order valence-corrected chi connectivity index (χ1v) is 2.95. The summed E-state index contributed by atoms with van der Waals surface area (Å²) in [7, 11) is 0. The van der Waals surface area contributed by atoms with Crippen molar-refractivity contribution in [1.29, 1.82) is 0 Å². The zero-order valence-electron chi connectivity index (χ0n) is 5.26. The quantitative estimate of drug-likeness (QED) is 0.446. The number of Topliss-reactive ketones (excluding diaryl/α,β-unsaturated/α-hetero) is 1. The van der Waals surface area contributed by atoms with E-state index in [1.54, 1.807) is 13.0 Å². The zero-order chi connectivity index (χ0) is 6.85. The monoisotopic (exact) mass is 124 g/mol. The smallest absolute Gasteiger partial charge is 0.165 e. The van der Waals surface area contributed by atoms with Gasteiger partial charge in [-0.15, -0.1) is 0 Å². The van der Waals surface area contributed by atoms with Gasteiger partial charge < -0.3 is 0 Å². The minimum Gasteiger partial charge on any atom is -0.299 e. The average Bonchev–Trinajstić information content (AvgIpc) is 1.83. The van der Waals surface area contributed by atoms with E-state index >= 15 is 0 Å². The molecule has 1 rings (SSSR count). The molecule has 9 heavy (non-hydrogen) atoms. The van der Waals surface area contributed by atoms with Crippen molar-refractivity contribution in [2.24, 2.45) is 5.92 Å². The minimum absolute atomic E-state index is 0.0301. The van der Waals surface area contributed by atoms with Crippen molar-refractivity contribution in [1.82, 2.24) is 0 Å². The van der Waals surface area contributed by atoms with Crippen LogP contribution in [0, 0.1) is 5.92 Å². The lowest BCUT2D eigenvalue weighted by molar-refractivity contribution is -0.129. The van der Waals surface area contributed by atoms with E-state index < -0.39 is 5.92 Å². The van der Waals surface area contributed by atoms with E-state index in [-0.39, 0.29) is 11.6 Å². The van der Waals surface area contributed by atoms with Gasteiger partial charge in [-0.2, -0.15) is 0 Å². The van der Waals surface area contributed by atoms with Crippen LogP contribution in [0.2, 0.25) is 0 Å². The molecule has 0 aromatic rings. The van der Waals surface area contributed by atoms with Gasteiger partial charge in [0, 0.05) is 6.42 Å². The first-order chi connectivity index (χ1) is 4.22. The molecule has 2 nitrogen and oxygen atoms in total. The van der Waals surface area contributed by atoms with E-state index in [0.717, 1.165) is 0 Å². The fraction of sp³-hybridized carbons (Fsp3) is 0.429. The van der Waals surface area contributed by atoms with Gasteiger partial charge in [-0.05, 0) is 13.0 Å². The molecule has 2 heteroatoms. The molecule has 48 valence electrons. The van der Waals surface area contributed by atoms with Crippen LogP contribution in [0.3, 0.4) is 0 Å². The highest BCUT2D eigenvalue weighted by atomic mass is 16.1. The van der Waals surface area contributed by atoms with Crippen LogP contribution in [0.5, 0.6) is 0 Å². The van der Waals surface area contributed by atoms with Crippen molar-refractivity contribution < 1.29 is 9.59 Å². The molecular formula is C7H8O2. The molecule has 0 fully saturated rings. The van der Waals surface area contributed by atoms with Crippen LogP contribution in [0.4, 0.5) is 0 Å². The highest BCUT2D eigenvalue weighted by Gasteiger charge is 2.20. The maximum absolute atomic E-state index is 10.7. The van der Waals surface area contributed by atoms with E-state index in [1.807, 2.05) is 0 Å². The number of hydrogen-bond acceptors (Lipinski definition) is 2. The molecule has 0 saturated heterocycles. The van der Waals surface area contributed by atoms with E-state index in [9.17, 15) is 9.59 Å². The molecule has 1 aliphatic carbocycles. The van der Waals surface area contributed by atoms with Gasteiger partial charge in [-0.3, -0.25) is 9.59 Å². The standard InChI is InChI=1S/C7H8O2/c1-5-6(8)3-2-4-7(5)9/h2-3,5H,4H2,1H3. The zero-order valence-corrected chi connectivity index (χ0v) is 5.26. The summed E-state index contributed by atoms with van der Waals surface area (Å²) < 4.78 is 0. The van der Waals surface area contributed by atoms with Gasteiger partial charge in [0.15, 0.2) is 5.78 Å². The van der Waals surface area contributed by atoms with Crippen LogP contribution in [0.25, 0.3) is 0 Å². The SMILES string of the molecule is CC1C(=O)C=CCC1=O. The predicted molar refractivity (Wildman–Crippen MR) is 32.9 cm³/mol. The largest absolute Gasteiger partial charge is 0.299 e. The Bertz CT molecular complexity index is 179. The Hall–Kier alpha value is -0.920. The van der Waals surface area contributed by atoms with Gasteiger partial charge in [-0.25, -0.2) is 0 Å². The van der Waals surface area contributed by atoms with Crippen LogP contribution in [-0.2, 0) is 9.59 Å². The third-order valence-electron chi connectivity index (χ3n) is 1.51. The maximum Gasteiger partial charge on any atom is 0.165 e. The second-order valence-electron chi connectivity index (χ2n) is 2.20. The summed E-state index contributed by atoms with van der Waals surface area (Å²) in [6.45, 7) is 1.65. The Labute approximate surface area is 53.6 Å². The summed E-state index contributed by atoms with van der Waals surface area (Å²) in [6, 6.07) is 0. The van der Waals surface area contributed by atoms with Gasteiger partial charge in [0.25, 0.3) is 0 Å². The normalized spacial score (nSPS) is 27.0. The number of carbonyl (C=O) groups excluding carboxylic acids is 2. The lowest BCUT2D eigenvalue weighted by atomic mass is 9.94. The molecule has 0 heterocycles. The minimum atomic E-state index is -0.394. The van der Waals surface area contributed by atoms with Crippen LogP contribution in [0.15, 0.2) is 12.2 Å². The molecular weight excluding hydrogens is 116 g/mol. The predicted octanol–water partition coefficient (Wildman–Crippen LogP) is 0.721. The first-order valence-electron chi connectivity index (χ1n) is 2.95. The lowest BCUT2D eigenvalue weighted by Crippen LogP contribution is -2.21. The topological polar surface area (TPSA) is 34.1 Å². The van der Waals surface area contributed by atoms with Crippen molar-refractivity contribution >= 4 is 11.6 Å². The summed E-state index contributed by atoms with van der Waals surface area (Å²) in [5.74, 6) is -0.427. The van der Waals surface area contributed by atoms with Crippen LogP contribution in [-0.4, -0.2) is 11.6 Å². The Morgan fingerprint density at radius 3 is 2.67 bits per heavy atom. The van der Waals surface area contributed by atoms with E-state index in [0.29, 0.717) is 6.42 Å². The Morgan fingerprint density at radius 1 is 1.56 bits per heavy atom. The second kappa shape index (κ2) is 2.13.